The normalized spacial score (nSPS) is 9.00. The minimum atomic E-state index is -0.276. The lowest BCUT2D eigenvalue weighted by atomic mass is 10.3. The molecule has 0 aliphatic carbocycles. The molecule has 6 nitrogen and oxygen atoms in total. The molecule has 0 aliphatic rings. The molecule has 0 aromatic rings. The highest BCUT2D eigenvalue weighted by molar-refractivity contribution is 5.36. The minimum absolute atomic E-state index is 0.276. The third-order valence-electron chi connectivity index (χ3n) is 0.835. The summed E-state index contributed by atoms with van der Waals surface area (Å²) in [5, 5.41) is 36.9. The van der Waals surface area contributed by atoms with Crippen LogP contribution >= 0.6 is 0 Å². The summed E-state index contributed by atoms with van der Waals surface area (Å²) in [5.41, 5.74) is -0.553. The Morgan fingerprint density at radius 1 is 0.750 bits per heavy atom. The second kappa shape index (κ2) is 5.11. The van der Waals surface area contributed by atoms with Gasteiger partial charge in [-0.05, 0) is 0 Å². The van der Waals surface area contributed by atoms with E-state index in [9.17, 15) is 0 Å². The van der Waals surface area contributed by atoms with Crippen LogP contribution < -0.4 is 10.6 Å². The topological polar surface area (TPSA) is 119 Å². The fraction of sp³-hybridized carbons (Fsp3) is 0. The molecular formula is C6H2N6. The highest BCUT2D eigenvalue weighted by Crippen LogP contribution is 1.93. The quantitative estimate of drug-likeness (QED) is 0.314. The molecular weight excluding hydrogens is 156 g/mol. The predicted octanol–water partition coefficient (Wildman–Crippen LogP) is -0.613. The van der Waals surface area contributed by atoms with Crippen LogP contribution in [0.25, 0.3) is 0 Å². The molecule has 56 valence electrons. The molecule has 0 aromatic carbocycles. The summed E-state index contributed by atoms with van der Waals surface area (Å²) < 4.78 is 0. The fourth-order valence-corrected chi connectivity index (χ4v) is 0.405. The van der Waals surface area contributed by atoms with E-state index in [1.807, 2.05) is 10.6 Å². The molecule has 12 heavy (non-hydrogen) atoms. The Kier molecular flexibility index (Phi) is 3.96. The van der Waals surface area contributed by atoms with Gasteiger partial charge in [0.25, 0.3) is 0 Å². The lowest BCUT2D eigenvalue weighted by Crippen LogP contribution is -2.14. The summed E-state index contributed by atoms with van der Waals surface area (Å²) in [4.78, 5) is 0. The first-order chi connectivity index (χ1) is 5.79. The van der Waals surface area contributed by atoms with E-state index in [2.05, 4.69) is 0 Å². The molecule has 0 amide bonds. The summed E-state index contributed by atoms with van der Waals surface area (Å²) in [7, 11) is 0. The predicted molar refractivity (Wildman–Crippen MR) is 35.7 cm³/mol. The number of nitriles is 4. The van der Waals surface area contributed by atoms with E-state index in [4.69, 9.17) is 21.0 Å². The Bertz CT molecular complexity index is 315. The maximum Gasteiger partial charge on any atom is 0.182 e. The third-order valence-corrected chi connectivity index (χ3v) is 0.835. The highest BCUT2D eigenvalue weighted by Gasteiger charge is 2.03. The Hall–Kier alpha value is -2.70. The number of allylic oxidation sites excluding steroid dienone is 2. The standard InChI is InChI=1S/C6H2N6/c7-1-5(11-3-9)6(2-8)12-4-10/h11-12H/b6-5-. The van der Waals surface area contributed by atoms with Crippen LogP contribution in [-0.2, 0) is 0 Å². The number of rotatable bonds is 2. The average molecular weight is 158 g/mol. The fourth-order valence-electron chi connectivity index (χ4n) is 0.405. The van der Waals surface area contributed by atoms with Crippen molar-refractivity contribution in [1.82, 2.24) is 10.6 Å². The lowest BCUT2D eigenvalue weighted by molar-refractivity contribution is 1.02. The molecule has 0 atom stereocenters. The second-order valence-electron chi connectivity index (χ2n) is 1.45. The van der Waals surface area contributed by atoms with Gasteiger partial charge < -0.3 is 0 Å². The Balaban J connectivity index is 4.86. The van der Waals surface area contributed by atoms with Crippen LogP contribution in [0.4, 0.5) is 0 Å². The SMILES string of the molecule is N#CN/C(C#N)=C(/C#N)NC#N. The zero-order valence-corrected chi connectivity index (χ0v) is 5.79. The molecule has 0 aliphatic heterocycles. The van der Waals surface area contributed by atoms with Gasteiger partial charge in [0.15, 0.2) is 23.8 Å². The molecule has 0 saturated carbocycles. The highest BCUT2D eigenvalue weighted by atomic mass is 14.9. The Morgan fingerprint density at radius 2 is 1.08 bits per heavy atom. The van der Waals surface area contributed by atoms with Gasteiger partial charge in [-0.25, -0.2) is 0 Å². The van der Waals surface area contributed by atoms with Crippen molar-refractivity contribution in [1.29, 1.82) is 21.0 Å². The van der Waals surface area contributed by atoms with Crippen molar-refractivity contribution in [2.75, 3.05) is 0 Å². The van der Waals surface area contributed by atoms with Gasteiger partial charge in [0.05, 0.1) is 0 Å². The van der Waals surface area contributed by atoms with Crippen LogP contribution in [-0.4, -0.2) is 0 Å². The van der Waals surface area contributed by atoms with Crippen LogP contribution in [0, 0.1) is 45.6 Å². The van der Waals surface area contributed by atoms with Crippen molar-refractivity contribution in [2.24, 2.45) is 0 Å². The Morgan fingerprint density at radius 3 is 1.25 bits per heavy atom. The number of hydrogen-bond donors (Lipinski definition) is 2. The van der Waals surface area contributed by atoms with E-state index >= 15 is 0 Å². The molecule has 0 spiro atoms. The van der Waals surface area contributed by atoms with Gasteiger partial charge in [-0.15, -0.1) is 0 Å². The zero-order chi connectivity index (χ0) is 9.40. The van der Waals surface area contributed by atoms with Crippen molar-refractivity contribution in [2.45, 2.75) is 0 Å². The number of nitrogens with one attached hydrogen (secondary N) is 2. The maximum absolute atomic E-state index is 8.36. The van der Waals surface area contributed by atoms with Crippen molar-refractivity contribution >= 4 is 0 Å². The maximum atomic E-state index is 8.36. The minimum Gasteiger partial charge on any atom is -0.281 e. The summed E-state index contributed by atoms with van der Waals surface area (Å²) in [5.74, 6) is 0. The Labute approximate surface area is 68.5 Å². The van der Waals surface area contributed by atoms with Crippen LogP contribution in [0.5, 0.6) is 0 Å². The van der Waals surface area contributed by atoms with Gasteiger partial charge in [-0.1, -0.05) is 0 Å². The van der Waals surface area contributed by atoms with E-state index in [1.165, 1.54) is 12.4 Å². The molecule has 0 heterocycles. The third kappa shape index (κ3) is 2.27. The molecule has 0 aromatic heterocycles. The van der Waals surface area contributed by atoms with E-state index in [1.54, 1.807) is 12.1 Å². The first-order valence-electron chi connectivity index (χ1n) is 2.64. The van der Waals surface area contributed by atoms with Crippen molar-refractivity contribution in [3.05, 3.63) is 11.4 Å². The summed E-state index contributed by atoms with van der Waals surface area (Å²) in [6.45, 7) is 0. The smallest absolute Gasteiger partial charge is 0.182 e. The van der Waals surface area contributed by atoms with E-state index in [0.29, 0.717) is 0 Å². The molecule has 6 heteroatoms. The van der Waals surface area contributed by atoms with E-state index in [-0.39, 0.29) is 11.4 Å². The van der Waals surface area contributed by atoms with Crippen LogP contribution in [0.1, 0.15) is 0 Å². The molecule has 0 unspecified atom stereocenters. The lowest BCUT2D eigenvalue weighted by Gasteiger charge is -1.95. The average Bonchev–Trinajstić information content (AvgIpc) is 2.11. The van der Waals surface area contributed by atoms with E-state index in [0.717, 1.165) is 0 Å². The van der Waals surface area contributed by atoms with E-state index < -0.39 is 0 Å². The molecule has 0 fully saturated rings. The number of nitrogens with zero attached hydrogens (tertiary/aromatic N) is 4. The van der Waals surface area contributed by atoms with Gasteiger partial charge in [0.2, 0.25) is 0 Å². The van der Waals surface area contributed by atoms with Crippen molar-refractivity contribution in [3.8, 4) is 24.5 Å². The van der Waals surface area contributed by atoms with Crippen molar-refractivity contribution in [3.63, 3.8) is 0 Å². The van der Waals surface area contributed by atoms with Gasteiger partial charge in [-0.2, -0.15) is 21.0 Å². The summed E-state index contributed by atoms with van der Waals surface area (Å²) in [6, 6.07) is 3.10. The van der Waals surface area contributed by atoms with Crippen molar-refractivity contribution < 1.29 is 0 Å². The monoisotopic (exact) mass is 158 g/mol. The molecule has 0 rings (SSSR count). The molecule has 0 saturated heterocycles. The van der Waals surface area contributed by atoms with Crippen LogP contribution in [0.2, 0.25) is 0 Å². The number of hydrogen-bond acceptors (Lipinski definition) is 6. The molecule has 0 bridgehead atoms. The molecule has 0 radical (unpaired) electrons. The summed E-state index contributed by atoms with van der Waals surface area (Å²) in [6.07, 6.45) is 2.92. The van der Waals surface area contributed by atoms with Gasteiger partial charge >= 0.3 is 0 Å². The first kappa shape index (κ1) is 9.30. The van der Waals surface area contributed by atoms with Crippen LogP contribution in [0.3, 0.4) is 0 Å². The summed E-state index contributed by atoms with van der Waals surface area (Å²) >= 11 is 0. The van der Waals surface area contributed by atoms with Gasteiger partial charge in [0, 0.05) is 0 Å². The first-order valence-corrected chi connectivity index (χ1v) is 2.64. The van der Waals surface area contributed by atoms with Gasteiger partial charge in [0.1, 0.15) is 12.1 Å². The zero-order valence-electron chi connectivity index (χ0n) is 5.79. The second-order valence-corrected chi connectivity index (χ2v) is 1.45. The largest absolute Gasteiger partial charge is 0.281 e. The van der Waals surface area contributed by atoms with Crippen LogP contribution in [0.15, 0.2) is 11.4 Å². The molecule has 2 N–H and O–H groups in total. The van der Waals surface area contributed by atoms with Gasteiger partial charge in [-0.3, -0.25) is 10.6 Å².